The number of carbonyl (C=O) groups excluding carboxylic acids is 2. The quantitative estimate of drug-likeness (QED) is 0.726. The molecule has 1 saturated heterocycles. The van der Waals surface area contributed by atoms with Crippen molar-refractivity contribution in [3.05, 3.63) is 58.6 Å². The van der Waals surface area contributed by atoms with Gasteiger partial charge in [-0.15, -0.1) is 0 Å². The molecule has 2 aromatic rings. The zero-order chi connectivity index (χ0) is 20.8. The lowest BCUT2D eigenvalue weighted by molar-refractivity contribution is -0.141. The molecule has 0 radical (unpaired) electrons. The van der Waals surface area contributed by atoms with Gasteiger partial charge in [-0.05, 0) is 49.7 Å². The summed E-state index contributed by atoms with van der Waals surface area (Å²) in [6, 6.07) is 12.7. The molecule has 154 valence electrons. The van der Waals surface area contributed by atoms with Crippen LogP contribution in [0.1, 0.15) is 11.1 Å². The molecule has 6 nitrogen and oxygen atoms in total. The van der Waals surface area contributed by atoms with Crippen LogP contribution in [0.25, 0.3) is 0 Å². The minimum atomic E-state index is -0.0985. The summed E-state index contributed by atoms with van der Waals surface area (Å²) in [4.78, 5) is 28.2. The Kier molecular flexibility index (Phi) is 6.99. The predicted octanol–water partition coefficient (Wildman–Crippen LogP) is 3.09. The third-order valence-corrected chi connectivity index (χ3v) is 5.09. The van der Waals surface area contributed by atoms with E-state index >= 15 is 0 Å². The molecular formula is C22H25ClN2O4. The van der Waals surface area contributed by atoms with Gasteiger partial charge < -0.3 is 19.3 Å². The maximum absolute atomic E-state index is 12.4. The Hall–Kier alpha value is -2.73. The number of amides is 2. The number of ether oxygens (including phenoxy) is 2. The lowest BCUT2D eigenvalue weighted by Crippen LogP contribution is -2.52. The van der Waals surface area contributed by atoms with Crippen molar-refractivity contribution in [2.45, 2.75) is 13.8 Å². The Morgan fingerprint density at radius 1 is 0.862 bits per heavy atom. The van der Waals surface area contributed by atoms with Crippen molar-refractivity contribution in [1.82, 2.24) is 9.80 Å². The number of benzene rings is 2. The molecule has 0 bridgehead atoms. The van der Waals surface area contributed by atoms with Gasteiger partial charge in [0.05, 0.1) is 0 Å². The van der Waals surface area contributed by atoms with Crippen LogP contribution >= 0.6 is 11.6 Å². The van der Waals surface area contributed by atoms with E-state index in [4.69, 9.17) is 21.1 Å². The smallest absolute Gasteiger partial charge is 0.260 e. The van der Waals surface area contributed by atoms with E-state index in [1.807, 2.05) is 32.0 Å². The SMILES string of the molecule is Cc1ccc(OCC(=O)N2CCN(C(=O)COc3ccc(Cl)cc3)CC2)c(C)c1. The van der Waals surface area contributed by atoms with E-state index in [0.717, 1.165) is 16.9 Å². The molecule has 0 unspecified atom stereocenters. The number of halogens is 1. The zero-order valence-electron chi connectivity index (χ0n) is 16.7. The molecule has 0 saturated carbocycles. The van der Waals surface area contributed by atoms with Gasteiger partial charge in [-0.2, -0.15) is 0 Å². The van der Waals surface area contributed by atoms with Gasteiger partial charge in [0.2, 0.25) is 0 Å². The lowest BCUT2D eigenvalue weighted by Gasteiger charge is -2.34. The molecule has 0 atom stereocenters. The molecule has 1 aliphatic rings. The van der Waals surface area contributed by atoms with Gasteiger partial charge in [0.1, 0.15) is 11.5 Å². The van der Waals surface area contributed by atoms with Gasteiger partial charge in [0.15, 0.2) is 13.2 Å². The van der Waals surface area contributed by atoms with Crippen molar-refractivity contribution in [3.8, 4) is 11.5 Å². The summed E-state index contributed by atoms with van der Waals surface area (Å²) in [5.41, 5.74) is 2.16. The van der Waals surface area contributed by atoms with Crippen molar-refractivity contribution < 1.29 is 19.1 Å². The molecule has 1 heterocycles. The van der Waals surface area contributed by atoms with E-state index < -0.39 is 0 Å². The van der Waals surface area contributed by atoms with Crippen molar-refractivity contribution in [3.63, 3.8) is 0 Å². The third kappa shape index (κ3) is 5.87. The molecule has 0 aliphatic carbocycles. The van der Waals surface area contributed by atoms with E-state index in [0.29, 0.717) is 37.0 Å². The van der Waals surface area contributed by atoms with Crippen LogP contribution in [-0.4, -0.2) is 61.0 Å². The molecular weight excluding hydrogens is 392 g/mol. The van der Waals surface area contributed by atoms with Crippen LogP contribution < -0.4 is 9.47 Å². The zero-order valence-corrected chi connectivity index (χ0v) is 17.4. The fourth-order valence-electron chi connectivity index (χ4n) is 3.16. The Morgan fingerprint density at radius 3 is 1.97 bits per heavy atom. The number of aryl methyl sites for hydroxylation is 2. The minimum absolute atomic E-state index is 0.00246. The second-order valence-corrected chi connectivity index (χ2v) is 7.50. The fraction of sp³-hybridized carbons (Fsp3) is 0.364. The Bertz CT molecular complexity index is 862. The van der Waals surface area contributed by atoms with Gasteiger partial charge in [-0.25, -0.2) is 0 Å². The Morgan fingerprint density at radius 2 is 1.41 bits per heavy atom. The summed E-state index contributed by atoms with van der Waals surface area (Å²) in [5, 5.41) is 0.617. The predicted molar refractivity (Wildman–Crippen MR) is 112 cm³/mol. The first-order valence-electron chi connectivity index (χ1n) is 9.56. The summed E-state index contributed by atoms with van der Waals surface area (Å²) >= 11 is 5.83. The number of rotatable bonds is 6. The summed E-state index contributed by atoms with van der Waals surface area (Å²) in [7, 11) is 0. The average molecular weight is 417 g/mol. The number of hydrogen-bond acceptors (Lipinski definition) is 4. The van der Waals surface area contributed by atoms with Crippen LogP contribution in [0.5, 0.6) is 11.5 Å². The molecule has 2 aromatic carbocycles. The minimum Gasteiger partial charge on any atom is -0.484 e. The second-order valence-electron chi connectivity index (χ2n) is 7.06. The monoisotopic (exact) mass is 416 g/mol. The van der Waals surface area contributed by atoms with Crippen molar-refractivity contribution in [1.29, 1.82) is 0 Å². The average Bonchev–Trinajstić information content (AvgIpc) is 2.72. The van der Waals surface area contributed by atoms with Gasteiger partial charge in [0.25, 0.3) is 11.8 Å². The maximum Gasteiger partial charge on any atom is 0.260 e. The Labute approximate surface area is 176 Å². The highest BCUT2D eigenvalue weighted by atomic mass is 35.5. The van der Waals surface area contributed by atoms with Crippen molar-refractivity contribution in [2.75, 3.05) is 39.4 Å². The van der Waals surface area contributed by atoms with Crippen LogP contribution in [0.4, 0.5) is 0 Å². The molecule has 2 amide bonds. The molecule has 1 aliphatic heterocycles. The largest absolute Gasteiger partial charge is 0.484 e. The summed E-state index contributed by atoms with van der Waals surface area (Å²) < 4.78 is 11.2. The molecule has 29 heavy (non-hydrogen) atoms. The standard InChI is InChI=1S/C22H25ClN2O4/c1-16-3-8-20(17(2)13-16)29-15-22(27)25-11-9-24(10-12-25)21(26)14-28-19-6-4-18(23)5-7-19/h3-8,13H,9-12,14-15H2,1-2H3. The van der Waals surface area contributed by atoms with E-state index in [1.54, 1.807) is 34.1 Å². The first-order valence-corrected chi connectivity index (χ1v) is 9.94. The maximum atomic E-state index is 12.4. The topological polar surface area (TPSA) is 59.1 Å². The van der Waals surface area contributed by atoms with Crippen LogP contribution in [0.3, 0.4) is 0 Å². The number of nitrogens with zero attached hydrogens (tertiary/aromatic N) is 2. The van der Waals surface area contributed by atoms with Crippen LogP contribution in [-0.2, 0) is 9.59 Å². The fourth-order valence-corrected chi connectivity index (χ4v) is 3.29. The first kappa shape index (κ1) is 21.0. The van der Waals surface area contributed by atoms with E-state index in [9.17, 15) is 9.59 Å². The highest BCUT2D eigenvalue weighted by molar-refractivity contribution is 6.30. The molecule has 0 N–H and O–H groups in total. The van der Waals surface area contributed by atoms with Crippen LogP contribution in [0.2, 0.25) is 5.02 Å². The van der Waals surface area contributed by atoms with Gasteiger partial charge >= 0.3 is 0 Å². The van der Waals surface area contributed by atoms with E-state index in [1.165, 1.54) is 0 Å². The Balaban J connectivity index is 1.41. The van der Waals surface area contributed by atoms with E-state index in [-0.39, 0.29) is 25.0 Å². The molecule has 1 fully saturated rings. The highest BCUT2D eigenvalue weighted by Crippen LogP contribution is 2.19. The van der Waals surface area contributed by atoms with Crippen LogP contribution in [0, 0.1) is 13.8 Å². The molecule has 0 spiro atoms. The van der Waals surface area contributed by atoms with Gasteiger partial charge in [0, 0.05) is 31.2 Å². The molecule has 3 rings (SSSR count). The number of carbonyl (C=O) groups is 2. The van der Waals surface area contributed by atoms with E-state index in [2.05, 4.69) is 0 Å². The van der Waals surface area contributed by atoms with Gasteiger partial charge in [-0.1, -0.05) is 29.3 Å². The first-order chi connectivity index (χ1) is 13.9. The summed E-state index contributed by atoms with van der Waals surface area (Å²) in [6.07, 6.45) is 0. The van der Waals surface area contributed by atoms with Crippen LogP contribution in [0.15, 0.2) is 42.5 Å². The molecule has 0 aromatic heterocycles. The third-order valence-electron chi connectivity index (χ3n) is 4.84. The number of hydrogen-bond donors (Lipinski definition) is 0. The second kappa shape index (κ2) is 9.65. The number of piperazine rings is 1. The summed E-state index contributed by atoms with van der Waals surface area (Å²) in [6.45, 7) is 5.88. The molecule has 7 heteroatoms. The van der Waals surface area contributed by atoms with Gasteiger partial charge in [-0.3, -0.25) is 9.59 Å². The van der Waals surface area contributed by atoms with Crippen molar-refractivity contribution in [2.24, 2.45) is 0 Å². The lowest BCUT2D eigenvalue weighted by atomic mass is 10.1. The highest BCUT2D eigenvalue weighted by Gasteiger charge is 2.24. The van der Waals surface area contributed by atoms with Crippen molar-refractivity contribution >= 4 is 23.4 Å². The normalized spacial score (nSPS) is 13.9. The summed E-state index contributed by atoms with van der Waals surface area (Å²) in [5.74, 6) is 1.14.